The van der Waals surface area contributed by atoms with Crippen LogP contribution < -0.4 is 9.47 Å². The highest BCUT2D eigenvalue weighted by molar-refractivity contribution is 5.98. The molecule has 2 aliphatic rings. The topological polar surface area (TPSA) is 74.9 Å². The molecule has 0 spiro atoms. The Morgan fingerprint density at radius 2 is 1.53 bits per heavy atom. The molecule has 0 atom stereocenters. The number of carbonyl (C=O) groups is 2. The standard InChI is InChI=1S/C21H17F2N3O4/c22-21(23)29-17-6-5-14(12-18(17)30-21)19(27)25-7-9-26(10-8-25)20(28)16-11-13-3-1-2-4-15(13)24-16/h1-6,11-12,24H,7-10H2. The number of hydrogen-bond acceptors (Lipinski definition) is 4. The van der Waals surface area contributed by atoms with Crippen LogP contribution in [0.3, 0.4) is 0 Å². The molecule has 9 heteroatoms. The van der Waals surface area contributed by atoms with Gasteiger partial charge in [0.2, 0.25) is 0 Å². The van der Waals surface area contributed by atoms with Crippen molar-refractivity contribution in [2.45, 2.75) is 6.29 Å². The Morgan fingerprint density at radius 1 is 0.867 bits per heavy atom. The maximum Gasteiger partial charge on any atom is 0.586 e. The number of amides is 2. The van der Waals surface area contributed by atoms with Crippen LogP contribution in [0.2, 0.25) is 0 Å². The van der Waals surface area contributed by atoms with Gasteiger partial charge in [0.1, 0.15) is 5.69 Å². The van der Waals surface area contributed by atoms with Gasteiger partial charge >= 0.3 is 6.29 Å². The Kier molecular flexibility index (Phi) is 4.12. The number of piperazine rings is 1. The predicted octanol–water partition coefficient (Wildman–Crippen LogP) is 3.09. The molecule has 0 bridgehead atoms. The lowest BCUT2D eigenvalue weighted by Gasteiger charge is -2.34. The molecule has 0 saturated carbocycles. The predicted molar refractivity (Wildman–Crippen MR) is 103 cm³/mol. The fraction of sp³-hybridized carbons (Fsp3) is 0.238. The van der Waals surface area contributed by atoms with Gasteiger partial charge in [0.15, 0.2) is 11.5 Å². The number of rotatable bonds is 2. The van der Waals surface area contributed by atoms with Crippen LogP contribution in [0, 0.1) is 0 Å². The van der Waals surface area contributed by atoms with Crippen LogP contribution in [0.1, 0.15) is 20.8 Å². The van der Waals surface area contributed by atoms with E-state index in [4.69, 9.17) is 0 Å². The fourth-order valence-electron chi connectivity index (χ4n) is 3.74. The van der Waals surface area contributed by atoms with E-state index in [1.165, 1.54) is 18.2 Å². The zero-order chi connectivity index (χ0) is 20.9. The summed E-state index contributed by atoms with van der Waals surface area (Å²) in [6.45, 7) is 1.44. The molecule has 1 fully saturated rings. The number of benzene rings is 2. The van der Waals surface area contributed by atoms with Gasteiger partial charge in [0.05, 0.1) is 0 Å². The molecule has 1 aromatic heterocycles. The van der Waals surface area contributed by atoms with E-state index in [0.717, 1.165) is 10.9 Å². The lowest BCUT2D eigenvalue weighted by molar-refractivity contribution is -0.286. The van der Waals surface area contributed by atoms with Gasteiger partial charge in [0.25, 0.3) is 11.8 Å². The van der Waals surface area contributed by atoms with Crippen molar-refractivity contribution in [2.24, 2.45) is 0 Å². The molecule has 154 valence electrons. The van der Waals surface area contributed by atoms with Gasteiger partial charge in [-0.25, -0.2) is 0 Å². The van der Waals surface area contributed by atoms with Crippen molar-refractivity contribution in [2.75, 3.05) is 26.2 Å². The first-order valence-corrected chi connectivity index (χ1v) is 9.46. The second-order valence-corrected chi connectivity index (χ2v) is 7.18. The fourth-order valence-corrected chi connectivity index (χ4v) is 3.74. The largest absolute Gasteiger partial charge is 0.586 e. The Bertz CT molecular complexity index is 1120. The average molecular weight is 413 g/mol. The van der Waals surface area contributed by atoms with Crippen LogP contribution in [0.4, 0.5) is 8.78 Å². The van der Waals surface area contributed by atoms with Gasteiger partial charge in [-0.1, -0.05) is 18.2 Å². The number of para-hydroxylation sites is 1. The number of hydrogen-bond donors (Lipinski definition) is 1. The Labute approximate surface area is 169 Å². The molecular formula is C21H17F2N3O4. The lowest BCUT2D eigenvalue weighted by atomic mass is 10.1. The molecule has 3 heterocycles. The number of H-pyrrole nitrogens is 1. The molecule has 0 aliphatic carbocycles. The molecular weight excluding hydrogens is 396 g/mol. The number of carbonyl (C=O) groups excluding carboxylic acids is 2. The first-order chi connectivity index (χ1) is 14.4. The summed E-state index contributed by atoms with van der Waals surface area (Å²) in [6.07, 6.45) is -3.72. The van der Waals surface area contributed by atoms with Crippen molar-refractivity contribution in [3.8, 4) is 11.5 Å². The molecule has 1 N–H and O–H groups in total. The maximum absolute atomic E-state index is 13.2. The third-order valence-electron chi connectivity index (χ3n) is 5.26. The van der Waals surface area contributed by atoms with Crippen molar-refractivity contribution >= 4 is 22.7 Å². The second-order valence-electron chi connectivity index (χ2n) is 7.18. The van der Waals surface area contributed by atoms with E-state index in [1.54, 1.807) is 9.80 Å². The molecule has 2 amide bonds. The van der Waals surface area contributed by atoms with E-state index < -0.39 is 6.29 Å². The van der Waals surface area contributed by atoms with E-state index in [9.17, 15) is 18.4 Å². The zero-order valence-corrected chi connectivity index (χ0v) is 15.7. The minimum atomic E-state index is -3.72. The van der Waals surface area contributed by atoms with Gasteiger partial charge in [-0.3, -0.25) is 9.59 Å². The summed E-state index contributed by atoms with van der Waals surface area (Å²) in [4.78, 5) is 32.0. The van der Waals surface area contributed by atoms with Crippen LogP contribution in [0.5, 0.6) is 11.5 Å². The smallest absolute Gasteiger partial charge is 0.395 e. The van der Waals surface area contributed by atoms with Crippen molar-refractivity contribution in [3.63, 3.8) is 0 Å². The Balaban J connectivity index is 1.25. The minimum absolute atomic E-state index is 0.106. The van der Waals surface area contributed by atoms with Crippen molar-refractivity contribution in [3.05, 3.63) is 59.8 Å². The van der Waals surface area contributed by atoms with Crippen LogP contribution >= 0.6 is 0 Å². The maximum atomic E-state index is 13.2. The third kappa shape index (κ3) is 3.22. The van der Waals surface area contributed by atoms with Gasteiger partial charge in [-0.05, 0) is 30.3 Å². The number of nitrogens with zero attached hydrogens (tertiary/aromatic N) is 2. The first kappa shape index (κ1) is 18.4. The van der Waals surface area contributed by atoms with Crippen molar-refractivity contribution < 1.29 is 27.8 Å². The second kappa shape index (κ2) is 6.72. The number of halogens is 2. The minimum Gasteiger partial charge on any atom is -0.395 e. The number of nitrogens with one attached hydrogen (secondary N) is 1. The normalized spacial score (nSPS) is 17.4. The number of fused-ring (bicyclic) bond motifs is 2. The highest BCUT2D eigenvalue weighted by atomic mass is 19.3. The summed E-state index contributed by atoms with van der Waals surface area (Å²) in [5.41, 5.74) is 1.63. The van der Waals surface area contributed by atoms with Gasteiger partial charge in [-0.2, -0.15) is 0 Å². The molecule has 3 aromatic rings. The van der Waals surface area contributed by atoms with Crippen LogP contribution in [-0.2, 0) is 0 Å². The summed E-state index contributed by atoms with van der Waals surface area (Å²) in [5.74, 6) is -0.707. The number of aromatic nitrogens is 1. The summed E-state index contributed by atoms with van der Waals surface area (Å²) in [6, 6.07) is 13.4. The van der Waals surface area contributed by atoms with Crippen LogP contribution in [0.25, 0.3) is 10.9 Å². The summed E-state index contributed by atoms with van der Waals surface area (Å²) >= 11 is 0. The number of aromatic amines is 1. The highest BCUT2D eigenvalue weighted by Gasteiger charge is 2.43. The molecule has 2 aromatic carbocycles. The first-order valence-electron chi connectivity index (χ1n) is 9.46. The Morgan fingerprint density at radius 3 is 2.27 bits per heavy atom. The van der Waals surface area contributed by atoms with E-state index in [-0.39, 0.29) is 28.9 Å². The molecule has 5 rings (SSSR count). The highest BCUT2D eigenvalue weighted by Crippen LogP contribution is 2.41. The summed E-state index contributed by atoms with van der Waals surface area (Å²) in [5, 5.41) is 0.961. The van der Waals surface area contributed by atoms with E-state index >= 15 is 0 Å². The molecule has 2 aliphatic heterocycles. The van der Waals surface area contributed by atoms with Crippen LogP contribution in [-0.4, -0.2) is 59.1 Å². The third-order valence-corrected chi connectivity index (χ3v) is 5.26. The van der Waals surface area contributed by atoms with Crippen molar-refractivity contribution in [1.82, 2.24) is 14.8 Å². The number of ether oxygens (including phenoxy) is 2. The monoisotopic (exact) mass is 413 g/mol. The van der Waals surface area contributed by atoms with Gasteiger partial charge in [-0.15, -0.1) is 8.78 Å². The molecule has 0 radical (unpaired) electrons. The summed E-state index contributed by atoms with van der Waals surface area (Å²) < 4.78 is 35.1. The molecule has 30 heavy (non-hydrogen) atoms. The van der Waals surface area contributed by atoms with E-state index in [0.29, 0.717) is 31.9 Å². The molecule has 7 nitrogen and oxygen atoms in total. The zero-order valence-electron chi connectivity index (χ0n) is 15.7. The van der Waals surface area contributed by atoms with E-state index in [1.807, 2.05) is 30.3 Å². The van der Waals surface area contributed by atoms with Gasteiger partial charge < -0.3 is 24.3 Å². The molecule has 0 unspecified atom stereocenters. The Hall–Kier alpha value is -3.62. The SMILES string of the molecule is O=C(c1ccc2c(c1)OC(F)(F)O2)N1CCN(C(=O)c2cc3ccccc3[nH]2)CC1. The molecule has 1 saturated heterocycles. The quantitative estimate of drug-likeness (QED) is 0.701. The van der Waals surface area contributed by atoms with Crippen molar-refractivity contribution in [1.29, 1.82) is 0 Å². The van der Waals surface area contributed by atoms with Crippen LogP contribution in [0.15, 0.2) is 48.5 Å². The number of alkyl halides is 2. The lowest BCUT2D eigenvalue weighted by Crippen LogP contribution is -2.50. The van der Waals surface area contributed by atoms with E-state index in [2.05, 4.69) is 14.5 Å². The summed E-state index contributed by atoms with van der Waals surface area (Å²) in [7, 11) is 0. The average Bonchev–Trinajstić information content (AvgIpc) is 3.31. The van der Waals surface area contributed by atoms with Gasteiger partial charge in [0, 0.05) is 42.6 Å².